The molecular formula is C12H18O3. The molecule has 1 rings (SSSR count). The molecule has 0 aromatic rings. The molecule has 0 fully saturated rings. The highest BCUT2D eigenvalue weighted by atomic mass is 16.5. The van der Waals surface area contributed by atoms with Crippen molar-refractivity contribution in [2.45, 2.75) is 26.2 Å². The molecule has 0 aliphatic heterocycles. The average molecular weight is 210 g/mol. The van der Waals surface area contributed by atoms with Gasteiger partial charge in [-0.1, -0.05) is 19.1 Å². The van der Waals surface area contributed by atoms with Crippen molar-refractivity contribution in [2.75, 3.05) is 13.7 Å². The summed E-state index contributed by atoms with van der Waals surface area (Å²) < 4.78 is 10.1. The van der Waals surface area contributed by atoms with Gasteiger partial charge in [-0.2, -0.15) is 0 Å². The third-order valence-electron chi connectivity index (χ3n) is 2.29. The predicted octanol–water partition coefficient (Wildman–Crippen LogP) is 2.44. The zero-order valence-electron chi connectivity index (χ0n) is 9.36. The lowest BCUT2D eigenvalue weighted by Crippen LogP contribution is -2.05. The van der Waals surface area contributed by atoms with E-state index >= 15 is 0 Å². The molecule has 15 heavy (non-hydrogen) atoms. The van der Waals surface area contributed by atoms with Gasteiger partial charge in [-0.25, -0.2) is 0 Å². The van der Waals surface area contributed by atoms with E-state index in [-0.39, 0.29) is 5.97 Å². The Hall–Kier alpha value is -1.25. The Bertz CT molecular complexity index is 266. The first-order chi connectivity index (χ1) is 7.22. The van der Waals surface area contributed by atoms with E-state index in [9.17, 15) is 4.79 Å². The molecule has 0 saturated carbocycles. The molecule has 3 nitrogen and oxygen atoms in total. The summed E-state index contributed by atoms with van der Waals surface area (Å²) in [5, 5.41) is 0. The van der Waals surface area contributed by atoms with E-state index in [2.05, 4.69) is 17.7 Å². The van der Waals surface area contributed by atoms with Crippen LogP contribution in [0, 0.1) is 5.92 Å². The summed E-state index contributed by atoms with van der Waals surface area (Å²) in [4.78, 5) is 10.8. The molecule has 0 aromatic carbocycles. The van der Waals surface area contributed by atoms with Crippen LogP contribution in [0.2, 0.25) is 0 Å². The normalized spacial score (nSPS) is 19.6. The SMILES string of the molecule is COC(=O)CCCOC1=CC=CC(C)C1. The van der Waals surface area contributed by atoms with Gasteiger partial charge in [0, 0.05) is 12.8 Å². The minimum atomic E-state index is -0.176. The zero-order chi connectivity index (χ0) is 11.1. The Balaban J connectivity index is 2.13. The summed E-state index contributed by atoms with van der Waals surface area (Å²) in [5.74, 6) is 1.38. The molecule has 0 heterocycles. The average Bonchev–Trinajstić information content (AvgIpc) is 2.24. The van der Waals surface area contributed by atoms with Gasteiger partial charge in [0.15, 0.2) is 0 Å². The van der Waals surface area contributed by atoms with Gasteiger partial charge in [-0.05, 0) is 18.4 Å². The van der Waals surface area contributed by atoms with Crippen LogP contribution in [-0.4, -0.2) is 19.7 Å². The van der Waals surface area contributed by atoms with Crippen LogP contribution < -0.4 is 0 Å². The van der Waals surface area contributed by atoms with E-state index in [0.717, 1.165) is 12.2 Å². The molecule has 0 saturated heterocycles. The summed E-state index contributed by atoms with van der Waals surface area (Å²) >= 11 is 0. The molecule has 0 amide bonds. The summed E-state index contributed by atoms with van der Waals surface area (Å²) in [6.07, 6.45) is 8.25. The van der Waals surface area contributed by atoms with Crippen LogP contribution in [0.1, 0.15) is 26.2 Å². The molecule has 84 valence electrons. The van der Waals surface area contributed by atoms with Gasteiger partial charge < -0.3 is 9.47 Å². The number of methoxy groups -OCH3 is 1. The van der Waals surface area contributed by atoms with Crippen molar-refractivity contribution in [3.05, 3.63) is 24.0 Å². The van der Waals surface area contributed by atoms with Gasteiger partial charge in [0.25, 0.3) is 0 Å². The van der Waals surface area contributed by atoms with Crippen molar-refractivity contribution < 1.29 is 14.3 Å². The van der Waals surface area contributed by atoms with Crippen LogP contribution in [0.3, 0.4) is 0 Å². The Morgan fingerprint density at radius 1 is 1.60 bits per heavy atom. The molecule has 1 aliphatic rings. The van der Waals surface area contributed by atoms with E-state index in [1.54, 1.807) is 0 Å². The second-order valence-electron chi connectivity index (χ2n) is 3.73. The number of esters is 1. The molecular weight excluding hydrogens is 192 g/mol. The number of carbonyl (C=O) groups excluding carboxylic acids is 1. The molecule has 3 heteroatoms. The number of hydrogen-bond acceptors (Lipinski definition) is 3. The molecule has 0 bridgehead atoms. The number of ether oxygens (including phenoxy) is 2. The number of rotatable bonds is 5. The topological polar surface area (TPSA) is 35.5 Å². The van der Waals surface area contributed by atoms with Crippen molar-refractivity contribution in [3.8, 4) is 0 Å². The molecule has 0 aromatic heterocycles. The summed E-state index contributed by atoms with van der Waals surface area (Å²) in [6.45, 7) is 2.74. The molecule has 0 spiro atoms. The lowest BCUT2D eigenvalue weighted by atomic mass is 10.0. The number of allylic oxidation sites excluding steroid dienone is 4. The first-order valence-electron chi connectivity index (χ1n) is 5.29. The van der Waals surface area contributed by atoms with Crippen LogP contribution in [0.15, 0.2) is 24.0 Å². The Kier molecular flexibility index (Phi) is 4.95. The first kappa shape index (κ1) is 11.8. The Morgan fingerprint density at radius 3 is 3.07 bits per heavy atom. The third kappa shape index (κ3) is 4.68. The number of carbonyl (C=O) groups is 1. The van der Waals surface area contributed by atoms with Gasteiger partial charge in [0.05, 0.1) is 19.5 Å². The zero-order valence-corrected chi connectivity index (χ0v) is 9.36. The minimum absolute atomic E-state index is 0.176. The monoisotopic (exact) mass is 210 g/mol. The predicted molar refractivity (Wildman–Crippen MR) is 58.2 cm³/mol. The second-order valence-corrected chi connectivity index (χ2v) is 3.73. The van der Waals surface area contributed by atoms with Crippen molar-refractivity contribution in [1.29, 1.82) is 0 Å². The highest BCUT2D eigenvalue weighted by molar-refractivity contribution is 5.68. The Labute approximate surface area is 90.8 Å². The second kappa shape index (κ2) is 6.27. The van der Waals surface area contributed by atoms with Crippen LogP contribution in [0.5, 0.6) is 0 Å². The van der Waals surface area contributed by atoms with E-state index in [1.165, 1.54) is 7.11 Å². The largest absolute Gasteiger partial charge is 0.498 e. The van der Waals surface area contributed by atoms with Crippen molar-refractivity contribution in [1.82, 2.24) is 0 Å². The number of hydrogen-bond donors (Lipinski definition) is 0. The van der Waals surface area contributed by atoms with Crippen LogP contribution in [0.4, 0.5) is 0 Å². The highest BCUT2D eigenvalue weighted by Gasteiger charge is 2.07. The fraction of sp³-hybridized carbons (Fsp3) is 0.583. The van der Waals surface area contributed by atoms with Crippen LogP contribution in [-0.2, 0) is 14.3 Å². The van der Waals surface area contributed by atoms with Gasteiger partial charge >= 0.3 is 5.97 Å². The fourth-order valence-corrected chi connectivity index (χ4v) is 1.43. The lowest BCUT2D eigenvalue weighted by molar-refractivity contribution is -0.140. The van der Waals surface area contributed by atoms with Crippen LogP contribution >= 0.6 is 0 Å². The van der Waals surface area contributed by atoms with Crippen molar-refractivity contribution >= 4 is 5.97 Å². The van der Waals surface area contributed by atoms with Gasteiger partial charge in [0.1, 0.15) is 0 Å². The van der Waals surface area contributed by atoms with E-state index in [0.29, 0.717) is 25.4 Å². The lowest BCUT2D eigenvalue weighted by Gasteiger charge is -2.15. The third-order valence-corrected chi connectivity index (χ3v) is 2.29. The molecule has 0 radical (unpaired) electrons. The molecule has 0 N–H and O–H groups in total. The van der Waals surface area contributed by atoms with Gasteiger partial charge in [-0.3, -0.25) is 4.79 Å². The first-order valence-corrected chi connectivity index (χ1v) is 5.29. The van der Waals surface area contributed by atoms with Crippen LogP contribution in [0.25, 0.3) is 0 Å². The van der Waals surface area contributed by atoms with Crippen molar-refractivity contribution in [2.24, 2.45) is 5.92 Å². The van der Waals surface area contributed by atoms with Gasteiger partial charge in [-0.15, -0.1) is 0 Å². The maximum absolute atomic E-state index is 10.8. The molecule has 1 unspecified atom stereocenters. The summed E-state index contributed by atoms with van der Waals surface area (Å²) in [6, 6.07) is 0. The van der Waals surface area contributed by atoms with E-state index < -0.39 is 0 Å². The molecule has 1 atom stereocenters. The molecule has 1 aliphatic carbocycles. The Morgan fingerprint density at radius 2 is 2.40 bits per heavy atom. The maximum Gasteiger partial charge on any atom is 0.305 e. The quantitative estimate of drug-likeness (QED) is 0.516. The maximum atomic E-state index is 10.8. The van der Waals surface area contributed by atoms with E-state index in [1.807, 2.05) is 12.2 Å². The standard InChI is InChI=1S/C12H18O3/c1-10-5-3-6-11(9-10)15-8-4-7-12(13)14-2/h3,5-6,10H,4,7-9H2,1-2H3. The summed E-state index contributed by atoms with van der Waals surface area (Å²) in [5.41, 5.74) is 0. The van der Waals surface area contributed by atoms with Gasteiger partial charge in [0.2, 0.25) is 0 Å². The van der Waals surface area contributed by atoms with Crippen molar-refractivity contribution in [3.63, 3.8) is 0 Å². The smallest absolute Gasteiger partial charge is 0.305 e. The minimum Gasteiger partial charge on any atom is -0.498 e. The van der Waals surface area contributed by atoms with E-state index in [4.69, 9.17) is 4.74 Å². The highest BCUT2D eigenvalue weighted by Crippen LogP contribution is 2.18. The fourth-order valence-electron chi connectivity index (χ4n) is 1.43. The summed E-state index contributed by atoms with van der Waals surface area (Å²) in [7, 11) is 1.40.